The van der Waals surface area contributed by atoms with E-state index < -0.39 is 0 Å². The second-order valence-corrected chi connectivity index (χ2v) is 7.49. The van der Waals surface area contributed by atoms with Crippen LogP contribution in [0.5, 0.6) is 0 Å². The molecule has 0 unspecified atom stereocenters. The van der Waals surface area contributed by atoms with Crippen molar-refractivity contribution in [1.82, 2.24) is 15.5 Å². The summed E-state index contributed by atoms with van der Waals surface area (Å²) in [5.41, 5.74) is 1.25. The van der Waals surface area contributed by atoms with Gasteiger partial charge in [-0.1, -0.05) is 30.3 Å². The lowest BCUT2D eigenvalue weighted by atomic mass is 10.0. The number of benzene rings is 1. The van der Waals surface area contributed by atoms with Crippen molar-refractivity contribution in [2.45, 2.75) is 37.8 Å². The van der Waals surface area contributed by atoms with Crippen molar-refractivity contribution in [3.8, 4) is 0 Å². The number of rotatable bonds is 7. The Bertz CT molecular complexity index is 549. The molecule has 1 aromatic carbocycles. The normalized spacial score (nSPS) is 20.6. The number of nitrogens with zero attached hydrogens (tertiary/aromatic N) is 1. The molecule has 1 aromatic rings. The lowest BCUT2D eigenvalue weighted by Crippen LogP contribution is -2.56. The van der Waals surface area contributed by atoms with Crippen LogP contribution in [0.3, 0.4) is 0 Å². The van der Waals surface area contributed by atoms with Crippen molar-refractivity contribution in [2.24, 2.45) is 0 Å². The predicted molar refractivity (Wildman–Crippen MR) is 94.8 cm³/mol. The Kier molecular flexibility index (Phi) is 5.23. The standard InChI is InChI=1S/C19H29N3O2/c1-18(2,22-10-12-24-13-11-22)15-20-17(23)14-21-19(8-9-19)16-6-4-3-5-7-16/h3-7,21H,8-15H2,1-2H3,(H,20,23). The van der Waals surface area contributed by atoms with E-state index in [1.165, 1.54) is 5.56 Å². The molecule has 1 heterocycles. The molecule has 1 aliphatic heterocycles. The van der Waals surface area contributed by atoms with Crippen LogP contribution in [0.25, 0.3) is 0 Å². The van der Waals surface area contributed by atoms with Crippen LogP contribution in [0.1, 0.15) is 32.3 Å². The number of morpholine rings is 1. The van der Waals surface area contributed by atoms with E-state index in [4.69, 9.17) is 4.74 Å². The van der Waals surface area contributed by atoms with E-state index in [2.05, 4.69) is 53.6 Å². The van der Waals surface area contributed by atoms with Gasteiger partial charge in [-0.05, 0) is 32.3 Å². The van der Waals surface area contributed by atoms with Gasteiger partial charge >= 0.3 is 0 Å². The number of carbonyl (C=O) groups is 1. The Morgan fingerprint density at radius 3 is 2.50 bits per heavy atom. The van der Waals surface area contributed by atoms with Crippen LogP contribution in [0.4, 0.5) is 0 Å². The van der Waals surface area contributed by atoms with E-state index in [1.807, 2.05) is 6.07 Å². The molecule has 1 saturated carbocycles. The number of hydrogen-bond acceptors (Lipinski definition) is 4. The predicted octanol–water partition coefficient (Wildman–Crippen LogP) is 1.49. The summed E-state index contributed by atoms with van der Waals surface area (Å²) in [5.74, 6) is 0.0681. The first kappa shape index (κ1) is 17.4. The number of hydrogen-bond donors (Lipinski definition) is 2. The van der Waals surface area contributed by atoms with E-state index in [1.54, 1.807) is 0 Å². The number of carbonyl (C=O) groups excluding carboxylic acids is 1. The van der Waals surface area contributed by atoms with Crippen molar-refractivity contribution < 1.29 is 9.53 Å². The smallest absolute Gasteiger partial charge is 0.234 e. The molecule has 5 heteroatoms. The first-order valence-electron chi connectivity index (χ1n) is 8.92. The summed E-state index contributed by atoms with van der Waals surface area (Å²) in [5, 5.41) is 6.54. The first-order valence-corrected chi connectivity index (χ1v) is 8.92. The summed E-state index contributed by atoms with van der Waals surface area (Å²) in [6.07, 6.45) is 2.20. The van der Waals surface area contributed by atoms with E-state index in [-0.39, 0.29) is 17.0 Å². The molecule has 0 spiro atoms. The largest absolute Gasteiger partial charge is 0.379 e. The van der Waals surface area contributed by atoms with E-state index in [0.717, 1.165) is 39.1 Å². The minimum Gasteiger partial charge on any atom is -0.379 e. The summed E-state index contributed by atoms with van der Waals surface area (Å²) < 4.78 is 5.41. The van der Waals surface area contributed by atoms with Crippen LogP contribution < -0.4 is 10.6 Å². The Morgan fingerprint density at radius 1 is 1.21 bits per heavy atom. The SMILES string of the molecule is CC(C)(CNC(=O)CNC1(c2ccccc2)CC1)N1CCOCC1. The lowest BCUT2D eigenvalue weighted by molar-refractivity contribution is -0.121. The average Bonchev–Trinajstić information content (AvgIpc) is 3.41. The average molecular weight is 331 g/mol. The molecule has 132 valence electrons. The maximum Gasteiger partial charge on any atom is 0.234 e. The van der Waals surface area contributed by atoms with E-state index in [9.17, 15) is 4.79 Å². The summed E-state index contributed by atoms with van der Waals surface area (Å²) in [7, 11) is 0. The highest BCUT2D eigenvalue weighted by molar-refractivity contribution is 5.78. The fraction of sp³-hybridized carbons (Fsp3) is 0.632. The third kappa shape index (κ3) is 4.15. The van der Waals surface area contributed by atoms with Gasteiger partial charge in [-0.2, -0.15) is 0 Å². The maximum atomic E-state index is 12.3. The lowest BCUT2D eigenvalue weighted by Gasteiger charge is -2.40. The van der Waals surface area contributed by atoms with Crippen molar-refractivity contribution in [3.63, 3.8) is 0 Å². The zero-order valence-corrected chi connectivity index (χ0v) is 14.8. The molecule has 0 bridgehead atoms. The molecule has 3 rings (SSSR count). The van der Waals surface area contributed by atoms with Crippen LogP contribution >= 0.6 is 0 Å². The van der Waals surface area contributed by atoms with Crippen LogP contribution in [-0.2, 0) is 15.1 Å². The molecular formula is C19H29N3O2. The van der Waals surface area contributed by atoms with Crippen LogP contribution in [0.2, 0.25) is 0 Å². The third-order valence-electron chi connectivity index (χ3n) is 5.25. The second kappa shape index (κ2) is 7.21. The van der Waals surface area contributed by atoms with Gasteiger partial charge in [0.15, 0.2) is 0 Å². The molecule has 2 aliphatic rings. The first-order chi connectivity index (χ1) is 11.5. The Labute approximate surface area is 144 Å². The highest BCUT2D eigenvalue weighted by Crippen LogP contribution is 2.45. The topological polar surface area (TPSA) is 53.6 Å². The zero-order chi connectivity index (χ0) is 17.0. The molecule has 1 aliphatic carbocycles. The van der Waals surface area contributed by atoms with Gasteiger partial charge in [-0.15, -0.1) is 0 Å². The van der Waals surface area contributed by atoms with E-state index >= 15 is 0 Å². The summed E-state index contributed by atoms with van der Waals surface area (Å²) in [4.78, 5) is 14.6. The maximum absolute atomic E-state index is 12.3. The fourth-order valence-corrected chi connectivity index (χ4v) is 3.36. The number of ether oxygens (including phenoxy) is 1. The van der Waals surface area contributed by atoms with Crippen molar-refractivity contribution in [3.05, 3.63) is 35.9 Å². The van der Waals surface area contributed by atoms with Crippen molar-refractivity contribution in [1.29, 1.82) is 0 Å². The number of nitrogens with one attached hydrogen (secondary N) is 2. The van der Waals surface area contributed by atoms with E-state index in [0.29, 0.717) is 13.1 Å². The van der Waals surface area contributed by atoms with Crippen molar-refractivity contribution >= 4 is 5.91 Å². The van der Waals surface area contributed by atoms with Crippen LogP contribution in [0.15, 0.2) is 30.3 Å². The molecule has 2 fully saturated rings. The minimum absolute atomic E-state index is 0.0122. The number of amides is 1. The highest BCUT2D eigenvalue weighted by Gasteiger charge is 2.43. The molecule has 24 heavy (non-hydrogen) atoms. The molecule has 0 radical (unpaired) electrons. The van der Waals surface area contributed by atoms with Gasteiger partial charge in [-0.3, -0.25) is 15.0 Å². The second-order valence-electron chi connectivity index (χ2n) is 7.49. The van der Waals surface area contributed by atoms with Gasteiger partial charge in [0.2, 0.25) is 5.91 Å². The summed E-state index contributed by atoms with van der Waals surface area (Å²) >= 11 is 0. The van der Waals surface area contributed by atoms with Crippen LogP contribution in [0, 0.1) is 0 Å². The highest BCUT2D eigenvalue weighted by atomic mass is 16.5. The summed E-state index contributed by atoms with van der Waals surface area (Å²) in [6.45, 7) is 8.80. The van der Waals surface area contributed by atoms with Gasteiger partial charge in [-0.25, -0.2) is 0 Å². The molecule has 0 atom stereocenters. The zero-order valence-electron chi connectivity index (χ0n) is 14.8. The van der Waals surface area contributed by atoms with Gasteiger partial charge in [0.1, 0.15) is 0 Å². The Balaban J connectivity index is 1.44. The molecule has 0 aromatic heterocycles. The molecule has 2 N–H and O–H groups in total. The molecule has 5 nitrogen and oxygen atoms in total. The third-order valence-corrected chi connectivity index (χ3v) is 5.25. The molecule has 1 amide bonds. The Morgan fingerprint density at radius 2 is 1.88 bits per heavy atom. The van der Waals surface area contributed by atoms with Crippen molar-refractivity contribution in [2.75, 3.05) is 39.4 Å². The Hall–Kier alpha value is -1.43. The quantitative estimate of drug-likeness (QED) is 0.795. The molecular weight excluding hydrogens is 302 g/mol. The minimum atomic E-state index is -0.0455. The van der Waals surface area contributed by atoms with Gasteiger partial charge in [0, 0.05) is 30.7 Å². The van der Waals surface area contributed by atoms with Gasteiger partial charge in [0.05, 0.1) is 19.8 Å². The van der Waals surface area contributed by atoms with Gasteiger partial charge in [0.25, 0.3) is 0 Å². The van der Waals surface area contributed by atoms with Gasteiger partial charge < -0.3 is 10.1 Å². The monoisotopic (exact) mass is 331 g/mol. The fourth-order valence-electron chi connectivity index (χ4n) is 3.36. The summed E-state index contributed by atoms with van der Waals surface area (Å²) in [6, 6.07) is 10.4. The molecule has 1 saturated heterocycles. The van der Waals surface area contributed by atoms with Crippen LogP contribution in [-0.4, -0.2) is 55.7 Å².